The highest BCUT2D eigenvalue weighted by Crippen LogP contribution is 2.34. The zero-order chi connectivity index (χ0) is 14.2. The molecule has 0 spiro atoms. The second kappa shape index (κ2) is 4.69. The minimum absolute atomic E-state index is 0.0438. The number of benzene rings is 1. The second-order valence-corrected chi connectivity index (χ2v) is 5.72. The lowest BCUT2D eigenvalue weighted by Crippen LogP contribution is -2.16. The maximum Gasteiger partial charge on any atom is 0.279 e. The highest BCUT2D eigenvalue weighted by atomic mass is 32.2. The third-order valence-electron chi connectivity index (χ3n) is 2.79. The van der Waals surface area contributed by atoms with Crippen LogP contribution in [0.3, 0.4) is 0 Å². The number of fused-ring (bicyclic) bond motifs is 1. The smallest absolute Gasteiger partial charge is 0.279 e. The van der Waals surface area contributed by atoms with Crippen molar-refractivity contribution in [2.75, 3.05) is 11.5 Å². The van der Waals surface area contributed by atoms with Gasteiger partial charge in [-0.1, -0.05) is 0 Å². The number of hydrogen-bond acceptors (Lipinski definition) is 6. The van der Waals surface area contributed by atoms with Crippen LogP contribution in [-0.2, 0) is 16.6 Å². The minimum Gasteiger partial charge on any atom is -0.454 e. The molecule has 0 fully saturated rings. The van der Waals surface area contributed by atoms with Crippen LogP contribution in [0, 0.1) is 0 Å². The predicted octanol–water partition coefficient (Wildman–Crippen LogP) is 0.398. The number of nitrogens with one attached hydrogen (secondary N) is 2. The fourth-order valence-electron chi connectivity index (χ4n) is 1.84. The Morgan fingerprint density at radius 3 is 2.95 bits per heavy atom. The van der Waals surface area contributed by atoms with Crippen molar-refractivity contribution in [1.29, 1.82) is 0 Å². The van der Waals surface area contributed by atoms with Crippen molar-refractivity contribution in [1.82, 2.24) is 10.2 Å². The van der Waals surface area contributed by atoms with Crippen molar-refractivity contribution in [3.8, 4) is 11.5 Å². The molecule has 0 atom stereocenters. The summed E-state index contributed by atoms with van der Waals surface area (Å²) in [5.41, 5.74) is 6.25. The summed E-state index contributed by atoms with van der Waals surface area (Å²) < 4.78 is 37.3. The molecular formula is C11H12N4O4S. The number of ether oxygens (including phenoxy) is 2. The molecule has 0 unspecified atom stereocenters. The van der Waals surface area contributed by atoms with Crippen molar-refractivity contribution < 1.29 is 17.9 Å². The van der Waals surface area contributed by atoms with E-state index in [1.807, 2.05) is 0 Å². The fourth-order valence-corrected chi connectivity index (χ4v) is 3.04. The van der Waals surface area contributed by atoms with E-state index in [4.69, 9.17) is 15.2 Å². The number of sulfonamides is 1. The van der Waals surface area contributed by atoms with Crippen LogP contribution in [0.2, 0.25) is 0 Å². The van der Waals surface area contributed by atoms with E-state index in [9.17, 15) is 8.42 Å². The monoisotopic (exact) mass is 296 g/mol. The van der Waals surface area contributed by atoms with Crippen LogP contribution in [0.5, 0.6) is 11.5 Å². The van der Waals surface area contributed by atoms with E-state index in [0.717, 1.165) is 0 Å². The Bertz CT molecular complexity index is 741. The zero-order valence-electron chi connectivity index (χ0n) is 10.3. The van der Waals surface area contributed by atoms with Gasteiger partial charge in [0.25, 0.3) is 10.0 Å². The lowest BCUT2D eigenvalue weighted by atomic mass is 10.3. The third-order valence-corrected chi connectivity index (χ3v) is 4.19. The number of hydrogen-bond donors (Lipinski definition) is 3. The van der Waals surface area contributed by atoms with Gasteiger partial charge in [-0.15, -0.1) is 0 Å². The molecule has 9 heteroatoms. The van der Waals surface area contributed by atoms with E-state index in [2.05, 4.69) is 14.9 Å². The maximum absolute atomic E-state index is 12.2. The van der Waals surface area contributed by atoms with Gasteiger partial charge in [-0.3, -0.25) is 9.82 Å². The van der Waals surface area contributed by atoms with Crippen LogP contribution >= 0.6 is 0 Å². The molecule has 0 aliphatic carbocycles. The van der Waals surface area contributed by atoms with Crippen LogP contribution in [0.4, 0.5) is 5.69 Å². The van der Waals surface area contributed by atoms with Gasteiger partial charge in [0.05, 0.1) is 11.9 Å². The van der Waals surface area contributed by atoms with Gasteiger partial charge in [0.15, 0.2) is 16.5 Å². The topological polar surface area (TPSA) is 119 Å². The summed E-state index contributed by atoms with van der Waals surface area (Å²) >= 11 is 0. The molecule has 8 nitrogen and oxygen atoms in total. The van der Waals surface area contributed by atoms with Gasteiger partial charge in [0.2, 0.25) is 6.79 Å². The molecule has 1 aromatic heterocycles. The first-order valence-electron chi connectivity index (χ1n) is 5.75. The van der Waals surface area contributed by atoms with Crippen LogP contribution in [0.25, 0.3) is 0 Å². The third kappa shape index (κ3) is 2.17. The molecule has 3 rings (SSSR count). The summed E-state index contributed by atoms with van der Waals surface area (Å²) in [5.74, 6) is 1.07. The van der Waals surface area contributed by atoms with Gasteiger partial charge in [-0.25, -0.2) is 0 Å². The molecule has 2 heterocycles. The van der Waals surface area contributed by atoms with Crippen molar-refractivity contribution >= 4 is 15.7 Å². The number of aromatic amines is 1. The first kappa shape index (κ1) is 12.8. The normalized spacial score (nSPS) is 13.4. The molecule has 1 aliphatic rings. The first-order valence-corrected chi connectivity index (χ1v) is 7.23. The van der Waals surface area contributed by atoms with Gasteiger partial charge < -0.3 is 15.2 Å². The Labute approximate surface area is 114 Å². The highest BCUT2D eigenvalue weighted by molar-refractivity contribution is 7.92. The Morgan fingerprint density at radius 2 is 2.15 bits per heavy atom. The second-order valence-electron chi connectivity index (χ2n) is 4.10. The number of anilines is 1. The highest BCUT2D eigenvalue weighted by Gasteiger charge is 2.21. The molecular weight excluding hydrogens is 284 g/mol. The summed E-state index contributed by atoms with van der Waals surface area (Å²) in [6.45, 7) is 0.206. The molecule has 0 amide bonds. The molecule has 0 radical (unpaired) electrons. The molecule has 2 aromatic rings. The first-order chi connectivity index (χ1) is 9.60. The Hall–Kier alpha value is -2.26. The van der Waals surface area contributed by atoms with Crippen LogP contribution < -0.4 is 19.9 Å². The Morgan fingerprint density at radius 1 is 1.35 bits per heavy atom. The average molecular weight is 296 g/mol. The summed E-state index contributed by atoms with van der Waals surface area (Å²) in [7, 11) is -3.77. The number of nitrogens with zero attached hydrogens (tertiary/aromatic N) is 1. The van der Waals surface area contributed by atoms with E-state index >= 15 is 0 Å². The van der Waals surface area contributed by atoms with Crippen molar-refractivity contribution in [3.63, 3.8) is 0 Å². The van der Waals surface area contributed by atoms with Crippen LogP contribution in [-0.4, -0.2) is 25.4 Å². The van der Waals surface area contributed by atoms with Gasteiger partial charge in [-0.05, 0) is 12.1 Å². The zero-order valence-corrected chi connectivity index (χ0v) is 11.1. The largest absolute Gasteiger partial charge is 0.454 e. The molecule has 0 saturated heterocycles. The summed E-state index contributed by atoms with van der Waals surface area (Å²) in [4.78, 5) is 0. The molecule has 4 N–H and O–H groups in total. The summed E-state index contributed by atoms with van der Waals surface area (Å²) in [5, 5.41) is 6.08. The Balaban J connectivity index is 1.90. The summed E-state index contributed by atoms with van der Waals surface area (Å²) in [6.07, 6.45) is 1.38. The SMILES string of the molecule is NCc1cn[nH]c1S(=O)(=O)Nc1ccc2c(c1)OCO2. The van der Waals surface area contributed by atoms with Gasteiger partial charge >= 0.3 is 0 Å². The number of rotatable bonds is 4. The fraction of sp³-hybridized carbons (Fsp3) is 0.182. The molecule has 0 saturated carbocycles. The van der Waals surface area contributed by atoms with Gasteiger partial charge in [-0.2, -0.15) is 13.5 Å². The predicted molar refractivity (Wildman–Crippen MR) is 69.9 cm³/mol. The van der Waals surface area contributed by atoms with Crippen molar-refractivity contribution in [2.24, 2.45) is 5.73 Å². The lowest BCUT2D eigenvalue weighted by molar-refractivity contribution is 0.174. The average Bonchev–Trinajstić information content (AvgIpc) is 3.06. The minimum atomic E-state index is -3.77. The van der Waals surface area contributed by atoms with E-state index < -0.39 is 10.0 Å². The lowest BCUT2D eigenvalue weighted by Gasteiger charge is -2.08. The van der Waals surface area contributed by atoms with Gasteiger partial charge in [0, 0.05) is 18.2 Å². The molecule has 0 bridgehead atoms. The van der Waals surface area contributed by atoms with E-state index in [1.54, 1.807) is 18.2 Å². The number of aromatic nitrogens is 2. The quantitative estimate of drug-likeness (QED) is 0.751. The van der Waals surface area contributed by atoms with Crippen molar-refractivity contribution in [3.05, 3.63) is 30.0 Å². The standard InChI is InChI=1S/C11H12N4O4S/c12-4-7-5-13-14-11(7)20(16,17)15-8-1-2-9-10(3-8)19-6-18-9/h1-3,5,15H,4,6,12H2,(H,13,14). The number of nitrogens with two attached hydrogens (primary N) is 1. The van der Waals surface area contributed by atoms with E-state index in [1.165, 1.54) is 6.20 Å². The molecule has 1 aromatic carbocycles. The van der Waals surface area contributed by atoms with Crippen LogP contribution in [0.1, 0.15) is 5.56 Å². The maximum atomic E-state index is 12.2. The van der Waals surface area contributed by atoms with E-state index in [-0.39, 0.29) is 18.4 Å². The van der Waals surface area contributed by atoms with Crippen molar-refractivity contribution in [2.45, 2.75) is 11.6 Å². The van der Waals surface area contributed by atoms with Crippen LogP contribution in [0.15, 0.2) is 29.4 Å². The molecule has 1 aliphatic heterocycles. The van der Waals surface area contributed by atoms with E-state index in [0.29, 0.717) is 22.7 Å². The Kier molecular flexibility index (Phi) is 2.99. The van der Waals surface area contributed by atoms with Gasteiger partial charge in [0.1, 0.15) is 0 Å². The molecule has 20 heavy (non-hydrogen) atoms. The molecule has 106 valence electrons. The summed E-state index contributed by atoms with van der Waals surface area (Å²) in [6, 6.07) is 4.78. The number of H-pyrrole nitrogens is 1.